The number of fused-ring (bicyclic) bond motifs is 1. The number of halogens is 1. The zero-order chi connectivity index (χ0) is 14.8. The van der Waals surface area contributed by atoms with Gasteiger partial charge in [-0.1, -0.05) is 22.0 Å². The molecule has 2 aromatic carbocycles. The van der Waals surface area contributed by atoms with Crippen molar-refractivity contribution in [3.05, 3.63) is 57.6 Å². The smallest absolute Gasteiger partial charge is 0.127 e. The van der Waals surface area contributed by atoms with Crippen molar-refractivity contribution in [1.82, 2.24) is 0 Å². The Kier molecular flexibility index (Phi) is 3.85. The van der Waals surface area contributed by atoms with Crippen molar-refractivity contribution in [2.24, 2.45) is 0 Å². The Morgan fingerprint density at radius 1 is 1.33 bits per heavy atom. The van der Waals surface area contributed by atoms with Gasteiger partial charge in [-0.2, -0.15) is 5.26 Å². The van der Waals surface area contributed by atoms with E-state index >= 15 is 0 Å². The summed E-state index contributed by atoms with van der Waals surface area (Å²) in [5, 5.41) is 9.00. The molecule has 0 saturated heterocycles. The summed E-state index contributed by atoms with van der Waals surface area (Å²) in [6.45, 7) is 1.50. The van der Waals surface area contributed by atoms with Crippen LogP contribution in [0.3, 0.4) is 0 Å². The Balaban J connectivity index is 1.88. The number of nitriles is 1. The highest BCUT2D eigenvalue weighted by Crippen LogP contribution is 2.34. The Bertz CT molecular complexity index is 721. The lowest BCUT2D eigenvalue weighted by Crippen LogP contribution is -2.17. The molecule has 0 N–H and O–H groups in total. The van der Waals surface area contributed by atoms with Crippen LogP contribution in [0.5, 0.6) is 5.75 Å². The largest absolute Gasteiger partial charge is 0.493 e. The van der Waals surface area contributed by atoms with E-state index in [1.807, 2.05) is 31.3 Å². The predicted molar refractivity (Wildman–Crippen MR) is 86.6 cm³/mol. The summed E-state index contributed by atoms with van der Waals surface area (Å²) < 4.78 is 6.85. The van der Waals surface area contributed by atoms with E-state index in [0.29, 0.717) is 5.56 Å². The van der Waals surface area contributed by atoms with Gasteiger partial charge in [0.25, 0.3) is 0 Å². The van der Waals surface area contributed by atoms with Crippen LogP contribution in [0.25, 0.3) is 0 Å². The summed E-state index contributed by atoms with van der Waals surface area (Å²) in [5.74, 6) is 1.02. The molecule has 21 heavy (non-hydrogen) atoms. The van der Waals surface area contributed by atoms with Crippen molar-refractivity contribution in [1.29, 1.82) is 5.26 Å². The number of ether oxygens (including phenoxy) is 1. The van der Waals surface area contributed by atoms with Crippen LogP contribution in [-0.2, 0) is 13.0 Å². The van der Waals surface area contributed by atoms with Crippen LogP contribution in [0.2, 0.25) is 0 Å². The maximum Gasteiger partial charge on any atom is 0.127 e. The first-order valence-electron chi connectivity index (χ1n) is 6.83. The maximum absolute atomic E-state index is 9.00. The lowest BCUT2D eigenvalue weighted by Gasteiger charge is -2.21. The molecule has 3 nitrogen and oxygen atoms in total. The Labute approximate surface area is 132 Å². The van der Waals surface area contributed by atoms with Crippen LogP contribution in [-0.4, -0.2) is 13.7 Å². The molecule has 0 bridgehead atoms. The third kappa shape index (κ3) is 2.88. The lowest BCUT2D eigenvalue weighted by atomic mass is 10.1. The van der Waals surface area contributed by atoms with Crippen LogP contribution < -0.4 is 9.64 Å². The molecule has 3 rings (SSSR count). The van der Waals surface area contributed by atoms with E-state index < -0.39 is 0 Å². The summed E-state index contributed by atoms with van der Waals surface area (Å²) >= 11 is 3.57. The fraction of sp³-hybridized carbons (Fsp3) is 0.235. The molecule has 106 valence electrons. The molecular formula is C17H15BrN2O. The highest BCUT2D eigenvalue weighted by molar-refractivity contribution is 9.10. The summed E-state index contributed by atoms with van der Waals surface area (Å²) in [6, 6.07) is 14.1. The highest BCUT2D eigenvalue weighted by Gasteiger charge is 2.18. The molecule has 0 unspecified atom stereocenters. The third-order valence-electron chi connectivity index (χ3n) is 3.65. The van der Waals surface area contributed by atoms with Gasteiger partial charge < -0.3 is 9.64 Å². The minimum atomic E-state index is 0.676. The molecule has 0 saturated carbocycles. The van der Waals surface area contributed by atoms with E-state index in [4.69, 9.17) is 10.00 Å². The summed E-state index contributed by atoms with van der Waals surface area (Å²) in [7, 11) is 2.03. The molecule has 1 heterocycles. The first-order chi connectivity index (χ1) is 10.2. The Hall–Kier alpha value is -1.99. The molecule has 4 heteroatoms. The number of rotatable bonds is 3. The monoisotopic (exact) mass is 342 g/mol. The van der Waals surface area contributed by atoms with Crippen LogP contribution in [0, 0.1) is 11.3 Å². The topological polar surface area (TPSA) is 36.3 Å². The third-order valence-corrected chi connectivity index (χ3v) is 4.11. The summed E-state index contributed by atoms with van der Waals surface area (Å²) in [4.78, 5) is 2.13. The second-order valence-corrected chi connectivity index (χ2v) is 6.09. The summed E-state index contributed by atoms with van der Waals surface area (Å²) in [6.07, 6.45) is 0.968. The van der Waals surface area contributed by atoms with Crippen LogP contribution in [0.4, 0.5) is 5.69 Å². The Morgan fingerprint density at radius 3 is 3.00 bits per heavy atom. The van der Waals surface area contributed by atoms with Crippen molar-refractivity contribution in [3.8, 4) is 11.8 Å². The van der Waals surface area contributed by atoms with Gasteiger partial charge in [-0.3, -0.25) is 0 Å². The molecular weight excluding hydrogens is 328 g/mol. The van der Waals surface area contributed by atoms with Gasteiger partial charge in [0.05, 0.1) is 18.2 Å². The zero-order valence-electron chi connectivity index (χ0n) is 11.8. The number of nitrogens with zero attached hydrogens (tertiary/aromatic N) is 2. The van der Waals surface area contributed by atoms with Gasteiger partial charge >= 0.3 is 0 Å². The molecule has 0 spiro atoms. The molecule has 1 aliphatic rings. The van der Waals surface area contributed by atoms with Gasteiger partial charge in [-0.15, -0.1) is 0 Å². The SMILES string of the molecule is CN(Cc1cc(Br)cc2c1OCC2)c1cccc(C#N)c1. The predicted octanol–water partition coefficient (Wildman–Crippen LogP) is 3.89. The highest BCUT2D eigenvalue weighted by atomic mass is 79.9. The fourth-order valence-corrected chi connectivity index (χ4v) is 3.18. The van der Waals surface area contributed by atoms with Crippen molar-refractivity contribution in [2.45, 2.75) is 13.0 Å². The van der Waals surface area contributed by atoms with E-state index in [1.165, 1.54) is 11.1 Å². The standard InChI is InChI=1S/C17H15BrN2O/c1-20(16-4-2-3-12(7-16)10-19)11-14-9-15(18)8-13-5-6-21-17(13)14/h2-4,7-9H,5-6,11H2,1H3. The molecule has 0 aromatic heterocycles. The second kappa shape index (κ2) is 5.79. The van der Waals surface area contributed by atoms with Gasteiger partial charge in [0.15, 0.2) is 0 Å². The second-order valence-electron chi connectivity index (χ2n) is 5.17. The van der Waals surface area contributed by atoms with Crippen LogP contribution >= 0.6 is 15.9 Å². The summed E-state index contributed by atoms with van der Waals surface area (Å²) in [5.41, 5.74) is 4.14. The van der Waals surface area contributed by atoms with E-state index in [2.05, 4.69) is 39.0 Å². The van der Waals surface area contributed by atoms with Gasteiger partial charge in [0.2, 0.25) is 0 Å². The zero-order valence-corrected chi connectivity index (χ0v) is 13.4. The van der Waals surface area contributed by atoms with Gasteiger partial charge in [0.1, 0.15) is 5.75 Å². The van der Waals surface area contributed by atoms with Gasteiger partial charge in [0, 0.05) is 35.7 Å². The normalized spacial score (nSPS) is 12.4. The first kappa shape index (κ1) is 14.0. The minimum Gasteiger partial charge on any atom is -0.493 e. The molecule has 2 aromatic rings. The number of hydrogen-bond acceptors (Lipinski definition) is 3. The van der Waals surface area contributed by atoms with Gasteiger partial charge in [-0.25, -0.2) is 0 Å². The van der Waals surface area contributed by atoms with Crippen LogP contribution in [0.1, 0.15) is 16.7 Å². The number of benzene rings is 2. The maximum atomic E-state index is 9.00. The average molecular weight is 343 g/mol. The van der Waals surface area contributed by atoms with E-state index in [0.717, 1.165) is 35.5 Å². The van der Waals surface area contributed by atoms with Crippen molar-refractivity contribution in [3.63, 3.8) is 0 Å². The number of anilines is 1. The molecule has 0 aliphatic carbocycles. The number of hydrogen-bond donors (Lipinski definition) is 0. The minimum absolute atomic E-state index is 0.676. The Morgan fingerprint density at radius 2 is 2.19 bits per heavy atom. The van der Waals surface area contributed by atoms with E-state index in [9.17, 15) is 0 Å². The average Bonchev–Trinajstić information content (AvgIpc) is 2.95. The van der Waals surface area contributed by atoms with Crippen molar-refractivity contribution < 1.29 is 4.74 Å². The molecule has 0 radical (unpaired) electrons. The van der Waals surface area contributed by atoms with E-state index in [-0.39, 0.29) is 0 Å². The molecule has 1 aliphatic heterocycles. The van der Waals surface area contributed by atoms with E-state index in [1.54, 1.807) is 0 Å². The molecule has 0 amide bonds. The lowest BCUT2D eigenvalue weighted by molar-refractivity contribution is 0.353. The quantitative estimate of drug-likeness (QED) is 0.848. The molecule has 0 atom stereocenters. The first-order valence-corrected chi connectivity index (χ1v) is 7.62. The van der Waals surface area contributed by atoms with Crippen LogP contribution in [0.15, 0.2) is 40.9 Å². The molecule has 0 fully saturated rings. The van der Waals surface area contributed by atoms with Crippen molar-refractivity contribution in [2.75, 3.05) is 18.6 Å². The fourth-order valence-electron chi connectivity index (χ4n) is 2.62. The van der Waals surface area contributed by atoms with Gasteiger partial charge in [-0.05, 0) is 35.9 Å². The van der Waals surface area contributed by atoms with Crippen molar-refractivity contribution >= 4 is 21.6 Å².